The van der Waals surface area contributed by atoms with Crippen LogP contribution in [0.3, 0.4) is 0 Å². The van der Waals surface area contributed by atoms with Crippen LogP contribution in [0.4, 0.5) is 8.78 Å². The Morgan fingerprint density at radius 3 is 2.42 bits per heavy atom. The van der Waals surface area contributed by atoms with E-state index in [4.69, 9.17) is 58.7 Å². The van der Waals surface area contributed by atoms with Crippen molar-refractivity contribution < 1.29 is 13.6 Å². The van der Waals surface area contributed by atoms with Crippen LogP contribution in [-0.4, -0.2) is 85.8 Å². The van der Waals surface area contributed by atoms with E-state index in [1.807, 2.05) is 13.0 Å². The minimum absolute atomic E-state index is 0.146. The van der Waals surface area contributed by atoms with Crippen LogP contribution >= 0.6 is 11.6 Å². The Morgan fingerprint density at radius 2 is 1.85 bits per heavy atom. The van der Waals surface area contributed by atoms with Crippen molar-refractivity contribution in [3.63, 3.8) is 0 Å². The van der Waals surface area contributed by atoms with E-state index in [-0.39, 0.29) is 17.1 Å². The third kappa shape index (κ3) is 4.66. The second-order valence-corrected chi connectivity index (χ2v) is 8.93. The monoisotopic (exact) mass is 453 g/mol. The van der Waals surface area contributed by atoms with Crippen molar-refractivity contribution >= 4 is 64.6 Å². The van der Waals surface area contributed by atoms with E-state index in [0.717, 1.165) is 23.8 Å². The number of amides is 1. The van der Waals surface area contributed by atoms with Crippen LogP contribution in [0.5, 0.6) is 0 Å². The van der Waals surface area contributed by atoms with Gasteiger partial charge in [-0.25, -0.2) is 8.78 Å². The molecular weight excluding hydrogens is 437 g/mol. The Balaban J connectivity index is 1.88. The van der Waals surface area contributed by atoms with Gasteiger partial charge >= 0.3 is 0 Å². The summed E-state index contributed by atoms with van der Waals surface area (Å²) in [6.45, 7) is 1.63. The maximum atomic E-state index is 16.2. The maximum Gasteiger partial charge on any atom is 0.252 e. The van der Waals surface area contributed by atoms with E-state index in [1.165, 1.54) is 0 Å². The van der Waals surface area contributed by atoms with Gasteiger partial charge in [0.15, 0.2) is 0 Å². The molecule has 2 heterocycles. The van der Waals surface area contributed by atoms with Gasteiger partial charge in [-0.1, -0.05) is 22.9 Å². The number of carbonyl (C=O) groups is 1. The summed E-state index contributed by atoms with van der Waals surface area (Å²) in [4.78, 5) is 18.0. The van der Waals surface area contributed by atoms with E-state index >= 15 is 4.39 Å². The van der Waals surface area contributed by atoms with Crippen molar-refractivity contribution in [1.29, 1.82) is 0 Å². The lowest BCUT2D eigenvalue weighted by atomic mass is 9.24. The van der Waals surface area contributed by atoms with Crippen molar-refractivity contribution in [3.8, 4) is 0 Å². The molecule has 0 aliphatic carbocycles. The fourth-order valence-corrected chi connectivity index (χ4v) is 4.06. The summed E-state index contributed by atoms with van der Waals surface area (Å²) < 4.78 is 29.7. The number of pyridine rings is 1. The summed E-state index contributed by atoms with van der Waals surface area (Å²) in [5.41, 5.74) is -1.08. The first-order chi connectivity index (χ1) is 15.1. The molecule has 13 heteroatoms. The first kappa shape index (κ1) is 26.0. The van der Waals surface area contributed by atoms with Gasteiger partial charge in [0.25, 0.3) is 5.91 Å². The Morgan fingerprint density at radius 1 is 1.18 bits per heavy atom. The first-order valence-corrected chi connectivity index (χ1v) is 10.3. The molecule has 1 aliphatic heterocycles. The highest BCUT2D eigenvalue weighted by Gasteiger charge is 2.62. The average molecular weight is 453 g/mol. The molecule has 0 saturated carbocycles. The van der Waals surface area contributed by atoms with Crippen LogP contribution in [-0.2, 0) is 6.54 Å². The summed E-state index contributed by atoms with van der Waals surface area (Å²) in [6, 6.07) is 6.74. The van der Waals surface area contributed by atoms with Crippen LogP contribution in [0, 0.1) is 12.7 Å². The van der Waals surface area contributed by atoms with Gasteiger partial charge in [-0.05, 0) is 53.8 Å². The van der Waals surface area contributed by atoms with Gasteiger partial charge in [0.2, 0.25) is 0 Å². The number of rotatable bonds is 5. The molecule has 33 heavy (non-hydrogen) atoms. The molecule has 2 aromatic rings. The van der Waals surface area contributed by atoms with Crippen LogP contribution < -0.4 is 5.32 Å². The minimum atomic E-state index is -2.55. The van der Waals surface area contributed by atoms with Gasteiger partial charge in [-0.2, -0.15) is 0 Å². The third-order valence-corrected chi connectivity index (χ3v) is 6.10. The molecule has 0 spiro atoms. The molecule has 1 amide bonds. The minimum Gasteiger partial charge on any atom is -0.363 e. The number of likely N-dealkylation sites (tertiary alicyclic amines) is 1. The third-order valence-electron chi connectivity index (χ3n) is 5.81. The number of hydrogen-bond acceptors (Lipinski definition) is 3. The van der Waals surface area contributed by atoms with Crippen LogP contribution in [0.25, 0.3) is 0 Å². The molecule has 4 nitrogen and oxygen atoms in total. The number of nitrogens with zero attached hydrogens (tertiary/aromatic N) is 2. The molecule has 1 aromatic carbocycles. The number of benzene rings is 1. The lowest BCUT2D eigenvalue weighted by molar-refractivity contribution is -0.00685. The molecule has 1 aliphatic rings. The van der Waals surface area contributed by atoms with Gasteiger partial charge in [0.1, 0.15) is 11.5 Å². The standard InChI is InChI=1S/C20H16B6ClF2N3O/c1-11-2-4-13(31-7-11)8-30-10-17(29)9-18(21,22)32(20(25,26)19(17,23)24)16(33)12-3-5-15(28)14(27)6-12/h2-7,30H,8-10H2,1H3. The number of aromatic nitrogens is 1. The van der Waals surface area contributed by atoms with Crippen LogP contribution in [0.2, 0.25) is 10.2 Å². The largest absolute Gasteiger partial charge is 0.363 e. The van der Waals surface area contributed by atoms with Crippen LogP contribution in [0.1, 0.15) is 28.0 Å². The predicted molar refractivity (Wildman–Crippen MR) is 129 cm³/mol. The van der Waals surface area contributed by atoms with Crippen LogP contribution in [0.15, 0.2) is 36.5 Å². The lowest BCUT2D eigenvalue weighted by Crippen LogP contribution is -2.79. The Hall–Kier alpha value is -1.66. The fraction of sp³-hybridized carbons (Fsp3) is 0.400. The van der Waals surface area contributed by atoms with E-state index in [1.54, 1.807) is 12.3 Å². The number of alkyl halides is 1. The number of aryl methyl sites for hydroxylation is 1. The van der Waals surface area contributed by atoms with Crippen molar-refractivity contribution in [2.24, 2.45) is 0 Å². The zero-order valence-corrected chi connectivity index (χ0v) is 18.7. The molecule has 0 bridgehead atoms. The predicted octanol–water partition coefficient (Wildman–Crippen LogP) is 0.961. The smallest absolute Gasteiger partial charge is 0.252 e. The second-order valence-electron chi connectivity index (χ2n) is 8.53. The molecule has 1 fully saturated rings. The fourth-order valence-electron chi connectivity index (χ4n) is 3.88. The number of carbonyl (C=O) groups excluding carboxylic acids is 1. The van der Waals surface area contributed by atoms with Crippen molar-refractivity contribution in [3.05, 3.63) is 64.2 Å². The summed E-state index contributed by atoms with van der Waals surface area (Å²) in [5, 5.41) is -4.73. The quantitative estimate of drug-likeness (QED) is 0.688. The Labute approximate surface area is 205 Å². The summed E-state index contributed by atoms with van der Waals surface area (Å²) in [7, 11) is 36.8. The van der Waals surface area contributed by atoms with E-state index in [2.05, 4.69) is 10.3 Å². The van der Waals surface area contributed by atoms with E-state index < -0.39 is 46.2 Å². The number of piperidine rings is 1. The Bertz CT molecular complexity index is 1060. The number of nitrogens with one attached hydrogen (secondary N) is 1. The second kappa shape index (κ2) is 8.84. The van der Waals surface area contributed by atoms with Gasteiger partial charge in [0, 0.05) is 24.8 Å². The Kier molecular flexibility index (Phi) is 6.96. The topological polar surface area (TPSA) is 45.2 Å². The maximum absolute atomic E-state index is 16.2. The molecule has 1 atom stereocenters. The highest BCUT2D eigenvalue weighted by atomic mass is 35.5. The van der Waals surface area contributed by atoms with Gasteiger partial charge in [-0.15, -0.1) is 0 Å². The molecule has 1 aromatic heterocycles. The van der Waals surface area contributed by atoms with E-state index in [9.17, 15) is 9.18 Å². The molecular formula is C20H16B6ClF2N3O. The molecule has 3 rings (SSSR count). The summed E-state index contributed by atoms with van der Waals surface area (Å²) >= 11 is 5.76. The molecule has 1 N–H and O–H groups in total. The summed E-state index contributed by atoms with van der Waals surface area (Å²) in [5.74, 6) is -1.71. The molecule has 1 unspecified atom stereocenters. The zero-order chi connectivity index (χ0) is 24.8. The summed E-state index contributed by atoms with van der Waals surface area (Å²) in [6.07, 6.45) is 0.956. The van der Waals surface area contributed by atoms with Gasteiger partial charge in [0.05, 0.1) is 57.8 Å². The normalized spacial score (nSPS) is 23.2. The number of halogens is 3. The highest BCUT2D eigenvalue weighted by molar-refractivity contribution is 6.57. The zero-order valence-electron chi connectivity index (χ0n) is 18.0. The lowest BCUT2D eigenvalue weighted by Gasteiger charge is -2.68. The first-order valence-electron chi connectivity index (χ1n) is 9.96. The average Bonchev–Trinajstić information content (AvgIpc) is 2.69. The molecule has 1 saturated heterocycles. The highest BCUT2D eigenvalue weighted by Crippen LogP contribution is 2.54. The van der Waals surface area contributed by atoms with Crippen molar-refractivity contribution in [1.82, 2.24) is 15.2 Å². The van der Waals surface area contributed by atoms with Crippen molar-refractivity contribution in [2.75, 3.05) is 6.54 Å². The number of hydrogen-bond donors (Lipinski definition) is 1. The molecule has 156 valence electrons. The van der Waals surface area contributed by atoms with Gasteiger partial charge in [-0.3, -0.25) is 9.78 Å². The van der Waals surface area contributed by atoms with Crippen molar-refractivity contribution in [2.45, 2.75) is 41.4 Å². The SMILES string of the molecule is [B]C1([B])CC(F)(CNCc2ccc(C)cn2)C([B])([B])C([B])([B])N1C(=O)c1ccc(F)c(Cl)c1. The van der Waals surface area contributed by atoms with Gasteiger partial charge < -0.3 is 10.2 Å². The molecule has 12 radical (unpaired) electrons. The van der Waals surface area contributed by atoms with E-state index in [0.29, 0.717) is 10.6 Å².